The van der Waals surface area contributed by atoms with Crippen LogP contribution in [0.3, 0.4) is 0 Å². The number of rotatable bonds is 4. The van der Waals surface area contributed by atoms with Crippen molar-refractivity contribution in [3.63, 3.8) is 0 Å². The van der Waals surface area contributed by atoms with E-state index < -0.39 is 0 Å². The highest BCUT2D eigenvalue weighted by Gasteiger charge is 2.22. The van der Waals surface area contributed by atoms with Gasteiger partial charge in [-0.3, -0.25) is 9.36 Å². The lowest BCUT2D eigenvalue weighted by Crippen LogP contribution is -2.29. The highest BCUT2D eigenvalue weighted by atomic mass is 16.1. The van der Waals surface area contributed by atoms with E-state index in [1.54, 1.807) is 6.07 Å². The molecule has 1 aliphatic carbocycles. The molecule has 162 valence electrons. The summed E-state index contributed by atoms with van der Waals surface area (Å²) in [6, 6.07) is 12.2. The molecule has 0 spiro atoms. The first-order chi connectivity index (χ1) is 15.2. The number of nitrogens with zero attached hydrogens (tertiary/aromatic N) is 4. The Bertz CT molecular complexity index is 1090. The van der Waals surface area contributed by atoms with Crippen molar-refractivity contribution in [3.8, 4) is 0 Å². The largest absolute Gasteiger partial charge is 0.372 e. The van der Waals surface area contributed by atoms with Crippen molar-refractivity contribution in [2.45, 2.75) is 57.9 Å². The van der Waals surface area contributed by atoms with Crippen LogP contribution in [-0.2, 0) is 0 Å². The Labute approximate surface area is 183 Å². The summed E-state index contributed by atoms with van der Waals surface area (Å²) in [5, 5.41) is 4.23. The van der Waals surface area contributed by atoms with E-state index in [9.17, 15) is 4.79 Å². The van der Waals surface area contributed by atoms with Crippen LogP contribution in [-0.4, -0.2) is 27.6 Å². The number of aromatic nitrogens is 3. The van der Waals surface area contributed by atoms with E-state index in [-0.39, 0.29) is 11.6 Å². The monoisotopic (exact) mass is 417 g/mol. The molecule has 0 radical (unpaired) electrons. The van der Waals surface area contributed by atoms with E-state index in [0.29, 0.717) is 5.95 Å². The first kappa shape index (κ1) is 20.0. The third-order valence-corrected chi connectivity index (χ3v) is 6.86. The van der Waals surface area contributed by atoms with E-state index in [0.717, 1.165) is 61.4 Å². The van der Waals surface area contributed by atoms with Crippen molar-refractivity contribution in [2.75, 3.05) is 23.3 Å². The van der Waals surface area contributed by atoms with Crippen LogP contribution in [0, 0.1) is 5.92 Å². The van der Waals surface area contributed by atoms with Crippen molar-refractivity contribution >= 4 is 28.4 Å². The van der Waals surface area contributed by atoms with Crippen LogP contribution in [0.4, 0.5) is 17.3 Å². The molecule has 31 heavy (non-hydrogen) atoms. The van der Waals surface area contributed by atoms with E-state index in [1.807, 2.05) is 16.8 Å². The molecule has 0 bridgehead atoms. The van der Waals surface area contributed by atoms with Crippen LogP contribution in [0.5, 0.6) is 0 Å². The van der Waals surface area contributed by atoms with Crippen LogP contribution in [0.15, 0.2) is 47.4 Å². The molecule has 1 aliphatic heterocycles. The molecule has 0 unspecified atom stereocenters. The van der Waals surface area contributed by atoms with Gasteiger partial charge in [-0.2, -0.15) is 4.98 Å². The summed E-state index contributed by atoms with van der Waals surface area (Å²) in [7, 11) is 0. The van der Waals surface area contributed by atoms with Crippen LogP contribution < -0.4 is 15.8 Å². The Kier molecular flexibility index (Phi) is 5.62. The van der Waals surface area contributed by atoms with Gasteiger partial charge in [0.05, 0.1) is 0 Å². The molecule has 1 aromatic carbocycles. The van der Waals surface area contributed by atoms with Crippen molar-refractivity contribution in [1.29, 1.82) is 0 Å². The summed E-state index contributed by atoms with van der Waals surface area (Å²) in [4.78, 5) is 24.5. The highest BCUT2D eigenvalue weighted by molar-refractivity contribution is 5.76. The molecule has 3 heterocycles. The lowest BCUT2D eigenvalue weighted by molar-refractivity contribution is 0.289. The minimum atomic E-state index is 0.0302. The van der Waals surface area contributed by atoms with Gasteiger partial charge in [-0.05, 0) is 81.2 Å². The standard InChI is InChI=1S/C25H31N5O/c1-18-5-10-22(11-6-18)30-23(31)14-7-19-17-26-25(28-24(19)30)27-20-8-12-21(13-9-20)29-15-3-2-4-16-29/h7-9,12-14,17-18,22H,2-6,10-11,15-16H2,1H3,(H,26,27,28). The summed E-state index contributed by atoms with van der Waals surface area (Å²) in [5.74, 6) is 1.27. The number of fused-ring (bicyclic) bond motifs is 1. The molecule has 3 aromatic rings. The lowest BCUT2D eigenvalue weighted by atomic mass is 9.87. The fourth-order valence-electron chi connectivity index (χ4n) is 4.99. The maximum absolute atomic E-state index is 12.7. The Morgan fingerprint density at radius 1 is 0.935 bits per heavy atom. The highest BCUT2D eigenvalue weighted by Crippen LogP contribution is 2.32. The average Bonchev–Trinajstić information content (AvgIpc) is 2.81. The number of anilines is 3. The van der Waals surface area contributed by atoms with Crippen LogP contribution in [0.2, 0.25) is 0 Å². The van der Waals surface area contributed by atoms with Gasteiger partial charge in [-0.15, -0.1) is 0 Å². The minimum absolute atomic E-state index is 0.0302. The minimum Gasteiger partial charge on any atom is -0.372 e. The third-order valence-electron chi connectivity index (χ3n) is 6.86. The molecule has 0 amide bonds. The Hall–Kier alpha value is -2.89. The fraction of sp³-hybridized carbons (Fsp3) is 0.480. The lowest BCUT2D eigenvalue weighted by Gasteiger charge is -2.29. The number of hydrogen-bond donors (Lipinski definition) is 1. The van der Waals surface area contributed by atoms with Gasteiger partial charge in [0.2, 0.25) is 5.95 Å². The second-order valence-corrected chi connectivity index (χ2v) is 9.15. The summed E-state index contributed by atoms with van der Waals surface area (Å²) in [6.45, 7) is 4.57. The molecule has 2 aromatic heterocycles. The van der Waals surface area contributed by atoms with Crippen LogP contribution in [0.1, 0.15) is 57.9 Å². The topological polar surface area (TPSA) is 63.1 Å². The quantitative estimate of drug-likeness (QED) is 0.626. The fourth-order valence-corrected chi connectivity index (χ4v) is 4.99. The molecule has 1 saturated heterocycles. The zero-order chi connectivity index (χ0) is 21.2. The number of nitrogens with one attached hydrogen (secondary N) is 1. The Balaban J connectivity index is 1.40. The number of hydrogen-bond acceptors (Lipinski definition) is 5. The van der Waals surface area contributed by atoms with Crippen molar-refractivity contribution < 1.29 is 0 Å². The molecule has 1 saturated carbocycles. The van der Waals surface area contributed by atoms with Crippen molar-refractivity contribution in [2.24, 2.45) is 5.92 Å². The van der Waals surface area contributed by atoms with Gasteiger partial charge in [0.1, 0.15) is 5.65 Å². The zero-order valence-electron chi connectivity index (χ0n) is 18.3. The Morgan fingerprint density at radius 3 is 2.42 bits per heavy atom. The van der Waals surface area contributed by atoms with Gasteiger partial charge in [0.25, 0.3) is 5.56 Å². The summed E-state index contributed by atoms with van der Waals surface area (Å²) < 4.78 is 1.90. The molecular formula is C25H31N5O. The van der Waals surface area contributed by atoms with Crippen LogP contribution in [0.25, 0.3) is 11.0 Å². The molecule has 6 heteroatoms. The molecular weight excluding hydrogens is 386 g/mol. The van der Waals surface area contributed by atoms with Gasteiger partial charge in [-0.25, -0.2) is 4.98 Å². The van der Waals surface area contributed by atoms with E-state index >= 15 is 0 Å². The van der Waals surface area contributed by atoms with Crippen molar-refractivity contribution in [1.82, 2.24) is 14.5 Å². The molecule has 1 N–H and O–H groups in total. The van der Waals surface area contributed by atoms with Gasteiger partial charge >= 0.3 is 0 Å². The summed E-state index contributed by atoms with van der Waals surface area (Å²) in [6.07, 6.45) is 10.1. The Morgan fingerprint density at radius 2 is 1.68 bits per heavy atom. The summed E-state index contributed by atoms with van der Waals surface area (Å²) >= 11 is 0. The van der Waals surface area contributed by atoms with Crippen LogP contribution >= 0.6 is 0 Å². The second kappa shape index (κ2) is 8.69. The second-order valence-electron chi connectivity index (χ2n) is 9.15. The number of pyridine rings is 1. The van der Waals surface area contributed by atoms with E-state index in [1.165, 1.54) is 24.9 Å². The molecule has 5 rings (SSSR count). The molecule has 2 fully saturated rings. The van der Waals surface area contributed by atoms with Gasteiger partial charge in [0, 0.05) is 48.2 Å². The number of piperidine rings is 1. The SMILES string of the molecule is CC1CCC(n2c(=O)ccc3cnc(Nc4ccc(N5CCCCC5)cc4)nc32)CC1. The third kappa shape index (κ3) is 4.29. The zero-order valence-corrected chi connectivity index (χ0v) is 18.3. The predicted octanol–water partition coefficient (Wildman–Crippen LogP) is 5.28. The molecule has 6 nitrogen and oxygen atoms in total. The predicted molar refractivity (Wildman–Crippen MR) is 126 cm³/mol. The first-order valence-corrected chi connectivity index (χ1v) is 11.7. The normalized spacial score (nSPS) is 21.9. The average molecular weight is 418 g/mol. The smallest absolute Gasteiger partial charge is 0.252 e. The summed E-state index contributed by atoms with van der Waals surface area (Å²) in [5.41, 5.74) is 2.98. The van der Waals surface area contributed by atoms with E-state index in [4.69, 9.17) is 4.98 Å². The van der Waals surface area contributed by atoms with E-state index in [2.05, 4.69) is 46.4 Å². The maximum atomic E-state index is 12.7. The van der Waals surface area contributed by atoms with Crippen molar-refractivity contribution in [3.05, 3.63) is 52.9 Å². The van der Waals surface area contributed by atoms with Gasteiger partial charge in [-0.1, -0.05) is 6.92 Å². The number of benzene rings is 1. The molecule has 2 aliphatic rings. The maximum Gasteiger partial charge on any atom is 0.252 e. The first-order valence-electron chi connectivity index (χ1n) is 11.7. The van der Waals surface area contributed by atoms with Gasteiger partial charge in [0.15, 0.2) is 0 Å². The molecule has 0 atom stereocenters. The van der Waals surface area contributed by atoms with Gasteiger partial charge < -0.3 is 10.2 Å².